The van der Waals surface area contributed by atoms with E-state index >= 15 is 0 Å². The number of ether oxygens (including phenoxy) is 2. The molecule has 3 saturated carbocycles. The van der Waals surface area contributed by atoms with Crippen LogP contribution in [0.3, 0.4) is 0 Å². The van der Waals surface area contributed by atoms with Crippen molar-refractivity contribution in [1.82, 2.24) is 0 Å². The molecular formula is C15H24O3. The van der Waals surface area contributed by atoms with E-state index in [9.17, 15) is 5.11 Å². The van der Waals surface area contributed by atoms with E-state index in [4.69, 9.17) is 9.47 Å². The summed E-state index contributed by atoms with van der Waals surface area (Å²) in [5.41, 5.74) is 0. The minimum absolute atomic E-state index is 0.0328. The van der Waals surface area contributed by atoms with Crippen molar-refractivity contribution in [3.8, 4) is 0 Å². The summed E-state index contributed by atoms with van der Waals surface area (Å²) in [7, 11) is 0. The molecule has 4 rings (SSSR count). The Kier molecular flexibility index (Phi) is 2.90. The fourth-order valence-electron chi connectivity index (χ4n) is 5.12. The maximum absolute atomic E-state index is 10.3. The molecule has 0 amide bonds. The lowest BCUT2D eigenvalue weighted by Gasteiger charge is -2.41. The Bertz CT molecular complexity index is 293. The van der Waals surface area contributed by atoms with Crippen LogP contribution in [0.25, 0.3) is 0 Å². The predicted octanol–water partition coefficient (Wildman–Crippen LogP) is 2.33. The fraction of sp³-hybridized carbons (Fsp3) is 1.00. The molecule has 1 N–H and O–H groups in total. The first-order valence-corrected chi connectivity index (χ1v) is 7.80. The number of aliphatic hydroxyl groups is 1. The quantitative estimate of drug-likeness (QED) is 0.819. The van der Waals surface area contributed by atoms with Crippen LogP contribution in [-0.2, 0) is 9.47 Å². The third-order valence-electron chi connectivity index (χ3n) is 5.93. The summed E-state index contributed by atoms with van der Waals surface area (Å²) in [6.45, 7) is 0.863. The van der Waals surface area contributed by atoms with Gasteiger partial charge in [0.1, 0.15) is 0 Å². The Hall–Kier alpha value is -0.120. The summed E-state index contributed by atoms with van der Waals surface area (Å²) in [6.07, 6.45) is 8.85. The molecule has 0 aromatic heterocycles. The van der Waals surface area contributed by atoms with Gasteiger partial charge in [-0.25, -0.2) is 0 Å². The first-order chi connectivity index (χ1) is 8.84. The number of aliphatic hydroxyl groups excluding tert-OH is 1. The van der Waals surface area contributed by atoms with Gasteiger partial charge in [-0.05, 0) is 68.6 Å². The van der Waals surface area contributed by atoms with E-state index in [0.29, 0.717) is 29.8 Å². The molecule has 0 spiro atoms. The fourth-order valence-corrected chi connectivity index (χ4v) is 5.12. The molecule has 3 aliphatic carbocycles. The highest BCUT2D eigenvalue weighted by Gasteiger charge is 2.57. The number of hydrogen-bond donors (Lipinski definition) is 1. The Labute approximate surface area is 109 Å². The number of fused-ring (bicyclic) bond motifs is 6. The summed E-state index contributed by atoms with van der Waals surface area (Å²) >= 11 is 0. The summed E-state index contributed by atoms with van der Waals surface area (Å²) in [6, 6.07) is 0. The van der Waals surface area contributed by atoms with E-state index in [1.54, 1.807) is 0 Å². The molecule has 1 heterocycles. The average molecular weight is 252 g/mol. The topological polar surface area (TPSA) is 38.7 Å². The van der Waals surface area contributed by atoms with Crippen LogP contribution in [0, 0.1) is 23.7 Å². The molecule has 3 heteroatoms. The van der Waals surface area contributed by atoms with Crippen LogP contribution in [-0.4, -0.2) is 30.2 Å². The van der Waals surface area contributed by atoms with Crippen molar-refractivity contribution >= 4 is 0 Å². The first kappa shape index (κ1) is 11.7. The van der Waals surface area contributed by atoms with E-state index in [1.165, 1.54) is 38.5 Å². The zero-order valence-electron chi connectivity index (χ0n) is 11.0. The highest BCUT2D eigenvalue weighted by molar-refractivity contribution is 5.06. The van der Waals surface area contributed by atoms with Crippen molar-refractivity contribution in [2.45, 2.75) is 63.4 Å². The standard InChI is InChI=1S/C15H24O3/c16-14-9-4-5-10(14)12-7-6-11(9)15(12)18-13-3-1-2-8-17-13/h9-16H,1-8H2. The zero-order chi connectivity index (χ0) is 12.1. The van der Waals surface area contributed by atoms with Crippen molar-refractivity contribution < 1.29 is 14.6 Å². The van der Waals surface area contributed by atoms with Crippen molar-refractivity contribution in [1.29, 1.82) is 0 Å². The van der Waals surface area contributed by atoms with Crippen molar-refractivity contribution in [2.24, 2.45) is 23.7 Å². The Balaban J connectivity index is 1.49. The highest BCUT2D eigenvalue weighted by atomic mass is 16.7. The molecule has 0 aromatic carbocycles. The van der Waals surface area contributed by atoms with Gasteiger partial charge in [0.15, 0.2) is 6.29 Å². The van der Waals surface area contributed by atoms with Gasteiger partial charge in [0, 0.05) is 6.61 Å². The average Bonchev–Trinajstić information content (AvgIpc) is 2.83. The third-order valence-corrected chi connectivity index (χ3v) is 5.93. The highest BCUT2D eigenvalue weighted by Crippen LogP contribution is 2.57. The van der Waals surface area contributed by atoms with Crippen LogP contribution in [0.1, 0.15) is 44.9 Å². The molecule has 4 aliphatic rings. The summed E-state index contributed by atoms with van der Waals surface area (Å²) in [5.74, 6) is 2.24. The second-order valence-electron chi connectivity index (χ2n) is 6.70. The maximum Gasteiger partial charge on any atom is 0.157 e. The lowest BCUT2D eigenvalue weighted by atomic mass is 9.75. The monoisotopic (exact) mass is 252 g/mol. The van der Waals surface area contributed by atoms with Gasteiger partial charge in [-0.15, -0.1) is 0 Å². The zero-order valence-corrected chi connectivity index (χ0v) is 11.0. The molecule has 5 unspecified atom stereocenters. The Morgan fingerprint density at radius 1 is 0.833 bits per heavy atom. The molecular weight excluding hydrogens is 228 g/mol. The van der Waals surface area contributed by atoms with Gasteiger partial charge in [0.25, 0.3) is 0 Å². The van der Waals surface area contributed by atoms with Crippen LogP contribution in [0.4, 0.5) is 0 Å². The Morgan fingerprint density at radius 2 is 1.50 bits per heavy atom. The third kappa shape index (κ3) is 1.67. The van der Waals surface area contributed by atoms with Crippen LogP contribution >= 0.6 is 0 Å². The molecule has 0 aromatic rings. The van der Waals surface area contributed by atoms with E-state index in [1.807, 2.05) is 0 Å². The molecule has 1 aliphatic heterocycles. The van der Waals surface area contributed by atoms with Crippen LogP contribution in [0.2, 0.25) is 0 Å². The first-order valence-electron chi connectivity index (χ1n) is 7.80. The van der Waals surface area contributed by atoms with Gasteiger partial charge in [-0.2, -0.15) is 0 Å². The Morgan fingerprint density at radius 3 is 2.11 bits per heavy atom. The van der Waals surface area contributed by atoms with Gasteiger partial charge in [-0.1, -0.05) is 0 Å². The maximum atomic E-state index is 10.3. The van der Waals surface area contributed by atoms with Gasteiger partial charge >= 0.3 is 0 Å². The number of rotatable bonds is 2. The molecule has 3 nitrogen and oxygen atoms in total. The normalized spacial score (nSPS) is 54.8. The van der Waals surface area contributed by atoms with Gasteiger partial charge in [-0.3, -0.25) is 0 Å². The summed E-state index contributed by atoms with van der Waals surface area (Å²) in [5, 5.41) is 10.3. The second-order valence-corrected chi connectivity index (χ2v) is 6.70. The molecule has 5 atom stereocenters. The van der Waals surface area contributed by atoms with Gasteiger partial charge in [0.05, 0.1) is 12.2 Å². The summed E-state index contributed by atoms with van der Waals surface area (Å²) < 4.78 is 12.1. The van der Waals surface area contributed by atoms with Gasteiger partial charge in [0.2, 0.25) is 0 Å². The van der Waals surface area contributed by atoms with E-state index < -0.39 is 0 Å². The largest absolute Gasteiger partial charge is 0.393 e. The summed E-state index contributed by atoms with van der Waals surface area (Å²) in [4.78, 5) is 0. The van der Waals surface area contributed by atoms with Crippen molar-refractivity contribution in [3.63, 3.8) is 0 Å². The molecule has 1 saturated heterocycles. The lowest BCUT2D eigenvalue weighted by molar-refractivity contribution is -0.220. The number of hydrogen-bond acceptors (Lipinski definition) is 3. The van der Waals surface area contributed by atoms with E-state index in [0.717, 1.165) is 13.0 Å². The molecule has 18 heavy (non-hydrogen) atoms. The van der Waals surface area contributed by atoms with Crippen molar-refractivity contribution in [2.75, 3.05) is 6.61 Å². The molecule has 102 valence electrons. The molecule has 4 bridgehead atoms. The minimum Gasteiger partial charge on any atom is -0.393 e. The lowest BCUT2D eigenvalue weighted by Crippen LogP contribution is -2.46. The van der Waals surface area contributed by atoms with E-state index in [-0.39, 0.29) is 12.4 Å². The van der Waals surface area contributed by atoms with Crippen LogP contribution in [0.5, 0.6) is 0 Å². The second kappa shape index (κ2) is 4.46. The molecule has 4 fully saturated rings. The van der Waals surface area contributed by atoms with Crippen LogP contribution < -0.4 is 0 Å². The SMILES string of the molecule is OC1C2CCC1C1CCC2C1OC1CCCCO1. The predicted molar refractivity (Wildman–Crippen MR) is 66.9 cm³/mol. The molecule has 0 radical (unpaired) electrons. The van der Waals surface area contributed by atoms with Crippen LogP contribution in [0.15, 0.2) is 0 Å². The van der Waals surface area contributed by atoms with E-state index in [2.05, 4.69) is 0 Å². The van der Waals surface area contributed by atoms with Gasteiger partial charge < -0.3 is 14.6 Å². The van der Waals surface area contributed by atoms with Crippen molar-refractivity contribution in [3.05, 3.63) is 0 Å². The minimum atomic E-state index is -0.0328. The smallest absolute Gasteiger partial charge is 0.157 e.